The van der Waals surface area contributed by atoms with Gasteiger partial charge < -0.3 is 9.84 Å². The molecule has 0 aliphatic heterocycles. The van der Waals surface area contributed by atoms with Crippen LogP contribution in [0.2, 0.25) is 0 Å². The monoisotopic (exact) mass is 299 g/mol. The van der Waals surface area contributed by atoms with Crippen molar-refractivity contribution in [1.82, 2.24) is 15.5 Å². The third-order valence-corrected chi connectivity index (χ3v) is 3.50. The molecule has 7 heteroatoms. The molecule has 0 aliphatic rings. The number of hydrogen-bond acceptors (Lipinski definition) is 5. The van der Waals surface area contributed by atoms with Crippen LogP contribution in [0, 0.1) is 0 Å². The zero-order valence-electron chi connectivity index (χ0n) is 11.1. The SMILES string of the molecule is CNC(C)Cc1noc(-c2ccc(SC(F)F)cc2)n1. The van der Waals surface area contributed by atoms with E-state index < -0.39 is 5.76 Å². The first-order valence-corrected chi connectivity index (χ1v) is 7.01. The lowest BCUT2D eigenvalue weighted by atomic mass is 10.2. The molecule has 4 nitrogen and oxygen atoms in total. The average molecular weight is 299 g/mol. The first-order chi connectivity index (χ1) is 9.58. The number of nitrogens with zero attached hydrogens (tertiary/aromatic N) is 2. The van der Waals surface area contributed by atoms with E-state index in [1.807, 2.05) is 14.0 Å². The van der Waals surface area contributed by atoms with Crippen molar-refractivity contribution in [3.8, 4) is 11.5 Å². The standard InChI is InChI=1S/C13H15F2N3OS/c1-8(16-2)7-11-17-12(19-18-11)9-3-5-10(6-4-9)20-13(14)15/h3-6,8,13,16H,7H2,1-2H3. The van der Waals surface area contributed by atoms with E-state index >= 15 is 0 Å². The topological polar surface area (TPSA) is 51.0 Å². The van der Waals surface area contributed by atoms with Gasteiger partial charge in [-0.1, -0.05) is 16.9 Å². The highest BCUT2D eigenvalue weighted by Gasteiger charge is 2.12. The summed E-state index contributed by atoms with van der Waals surface area (Å²) >= 11 is 0.511. The van der Waals surface area contributed by atoms with Crippen LogP contribution in [0.1, 0.15) is 12.7 Å². The van der Waals surface area contributed by atoms with E-state index in [-0.39, 0.29) is 6.04 Å². The third-order valence-electron chi connectivity index (χ3n) is 2.78. The minimum Gasteiger partial charge on any atom is -0.334 e. The van der Waals surface area contributed by atoms with Gasteiger partial charge >= 0.3 is 0 Å². The first-order valence-electron chi connectivity index (χ1n) is 6.13. The molecule has 0 aliphatic carbocycles. The third kappa shape index (κ3) is 4.01. The van der Waals surface area contributed by atoms with E-state index in [1.54, 1.807) is 24.3 Å². The van der Waals surface area contributed by atoms with Gasteiger partial charge in [0.25, 0.3) is 11.6 Å². The molecule has 108 valence electrons. The van der Waals surface area contributed by atoms with Crippen LogP contribution in [0.4, 0.5) is 8.78 Å². The van der Waals surface area contributed by atoms with Crippen molar-refractivity contribution in [2.45, 2.75) is 30.0 Å². The lowest BCUT2D eigenvalue weighted by Gasteiger charge is -2.04. The second-order valence-electron chi connectivity index (χ2n) is 4.31. The number of likely N-dealkylation sites (N-methyl/N-ethyl adjacent to an activating group) is 1. The Morgan fingerprint density at radius 2 is 2.00 bits per heavy atom. The number of rotatable bonds is 6. The second-order valence-corrected chi connectivity index (χ2v) is 5.38. The summed E-state index contributed by atoms with van der Waals surface area (Å²) in [4.78, 5) is 4.79. The average Bonchev–Trinajstić information content (AvgIpc) is 2.87. The normalized spacial score (nSPS) is 12.8. The molecule has 2 aromatic rings. The van der Waals surface area contributed by atoms with E-state index in [4.69, 9.17) is 4.52 Å². The predicted octanol–water partition coefficient (Wildman–Crippen LogP) is 3.20. The first kappa shape index (κ1) is 14.9. The summed E-state index contributed by atoms with van der Waals surface area (Å²) in [5.41, 5.74) is 0.722. The Labute approximate surface area is 120 Å². The maximum Gasteiger partial charge on any atom is 0.288 e. The van der Waals surface area contributed by atoms with Crippen LogP contribution in [-0.4, -0.2) is 29.0 Å². The number of halogens is 2. The molecule has 1 N–H and O–H groups in total. The van der Waals surface area contributed by atoms with Gasteiger partial charge in [0, 0.05) is 22.9 Å². The number of alkyl halides is 2. The molecule has 0 spiro atoms. The molecule has 2 rings (SSSR count). The molecule has 1 aromatic carbocycles. The fourth-order valence-corrected chi connectivity index (χ4v) is 2.11. The summed E-state index contributed by atoms with van der Waals surface area (Å²) in [6.07, 6.45) is 0.666. The van der Waals surface area contributed by atoms with Crippen molar-refractivity contribution in [1.29, 1.82) is 0 Å². The van der Waals surface area contributed by atoms with Gasteiger partial charge in [-0.3, -0.25) is 0 Å². The Morgan fingerprint density at radius 3 is 2.60 bits per heavy atom. The molecule has 0 fully saturated rings. The van der Waals surface area contributed by atoms with Crippen molar-refractivity contribution in [3.63, 3.8) is 0 Å². The van der Waals surface area contributed by atoms with Gasteiger partial charge in [0.05, 0.1) is 0 Å². The molecule has 1 unspecified atom stereocenters. The largest absolute Gasteiger partial charge is 0.334 e. The molecule has 0 saturated carbocycles. The van der Waals surface area contributed by atoms with Crippen molar-refractivity contribution in [2.24, 2.45) is 0 Å². The van der Waals surface area contributed by atoms with Crippen molar-refractivity contribution in [2.75, 3.05) is 7.05 Å². The van der Waals surface area contributed by atoms with Gasteiger partial charge in [-0.2, -0.15) is 13.8 Å². The Balaban J connectivity index is 2.08. The molecular formula is C13H15F2N3OS. The summed E-state index contributed by atoms with van der Waals surface area (Å²) in [6, 6.07) is 6.89. The highest BCUT2D eigenvalue weighted by Crippen LogP contribution is 2.27. The van der Waals surface area contributed by atoms with Gasteiger partial charge in [0.15, 0.2) is 5.82 Å². The van der Waals surface area contributed by atoms with Crippen LogP contribution in [0.15, 0.2) is 33.7 Å². The molecule has 0 radical (unpaired) electrons. The van der Waals surface area contributed by atoms with Crippen molar-refractivity contribution in [3.05, 3.63) is 30.1 Å². The van der Waals surface area contributed by atoms with E-state index in [1.165, 1.54) is 0 Å². The predicted molar refractivity (Wildman–Crippen MR) is 73.8 cm³/mol. The summed E-state index contributed by atoms with van der Waals surface area (Å²) in [6.45, 7) is 2.02. The van der Waals surface area contributed by atoms with Crippen molar-refractivity contribution >= 4 is 11.8 Å². The molecule has 0 amide bonds. The smallest absolute Gasteiger partial charge is 0.288 e. The zero-order chi connectivity index (χ0) is 14.5. The lowest BCUT2D eigenvalue weighted by molar-refractivity contribution is 0.252. The van der Waals surface area contributed by atoms with Gasteiger partial charge in [-0.05, 0) is 38.2 Å². The Kier molecular flexibility index (Phi) is 5.08. The summed E-state index contributed by atoms with van der Waals surface area (Å²) in [7, 11) is 1.87. The summed E-state index contributed by atoms with van der Waals surface area (Å²) in [5, 5.41) is 6.99. The second kappa shape index (κ2) is 6.81. The fraction of sp³-hybridized carbons (Fsp3) is 0.385. The summed E-state index contributed by atoms with van der Waals surface area (Å²) < 4.78 is 29.6. The van der Waals surface area contributed by atoms with E-state index in [2.05, 4.69) is 15.5 Å². The Bertz CT molecular complexity index is 545. The van der Waals surface area contributed by atoms with E-state index in [9.17, 15) is 8.78 Å². The van der Waals surface area contributed by atoms with E-state index in [0.29, 0.717) is 34.8 Å². The van der Waals surface area contributed by atoms with Crippen LogP contribution >= 0.6 is 11.8 Å². The number of aromatic nitrogens is 2. The maximum absolute atomic E-state index is 12.2. The van der Waals surface area contributed by atoms with Gasteiger partial charge in [-0.15, -0.1) is 0 Å². The number of nitrogens with one attached hydrogen (secondary N) is 1. The number of thioether (sulfide) groups is 1. The van der Waals surface area contributed by atoms with Crippen LogP contribution in [-0.2, 0) is 6.42 Å². The van der Waals surface area contributed by atoms with Crippen LogP contribution in [0.5, 0.6) is 0 Å². The molecule has 1 atom stereocenters. The van der Waals surface area contributed by atoms with Crippen LogP contribution < -0.4 is 5.32 Å². The van der Waals surface area contributed by atoms with E-state index in [0.717, 1.165) is 5.56 Å². The van der Waals surface area contributed by atoms with Crippen LogP contribution in [0.25, 0.3) is 11.5 Å². The van der Waals surface area contributed by atoms with Gasteiger partial charge in [-0.25, -0.2) is 0 Å². The van der Waals surface area contributed by atoms with Crippen LogP contribution in [0.3, 0.4) is 0 Å². The fourth-order valence-electron chi connectivity index (χ4n) is 1.61. The molecular weight excluding hydrogens is 284 g/mol. The minimum atomic E-state index is -2.42. The Morgan fingerprint density at radius 1 is 1.30 bits per heavy atom. The molecule has 0 saturated heterocycles. The van der Waals surface area contributed by atoms with Crippen molar-refractivity contribution < 1.29 is 13.3 Å². The zero-order valence-corrected chi connectivity index (χ0v) is 12.0. The van der Waals surface area contributed by atoms with Gasteiger partial charge in [0.1, 0.15) is 0 Å². The Hall–Kier alpha value is -1.47. The molecule has 0 bridgehead atoms. The highest BCUT2D eigenvalue weighted by molar-refractivity contribution is 7.99. The summed E-state index contributed by atoms with van der Waals surface area (Å²) in [5.74, 6) is -1.40. The molecule has 20 heavy (non-hydrogen) atoms. The number of benzene rings is 1. The highest BCUT2D eigenvalue weighted by atomic mass is 32.2. The molecule has 1 heterocycles. The lowest BCUT2D eigenvalue weighted by Crippen LogP contribution is -2.24. The maximum atomic E-state index is 12.2. The molecule has 1 aromatic heterocycles. The minimum absolute atomic E-state index is 0.255. The quantitative estimate of drug-likeness (QED) is 0.830. The number of hydrogen-bond donors (Lipinski definition) is 1. The van der Waals surface area contributed by atoms with Gasteiger partial charge in [0.2, 0.25) is 0 Å².